The highest BCUT2D eigenvalue weighted by molar-refractivity contribution is 5.93. The van der Waals surface area contributed by atoms with Crippen molar-refractivity contribution in [1.82, 2.24) is 5.01 Å². The zero-order valence-corrected chi connectivity index (χ0v) is 8.15. The number of hydrazine groups is 1. The van der Waals surface area contributed by atoms with E-state index < -0.39 is 11.7 Å². The summed E-state index contributed by atoms with van der Waals surface area (Å²) in [5.74, 6) is 4.23. The molecule has 0 amide bonds. The van der Waals surface area contributed by atoms with Gasteiger partial charge in [0.05, 0.1) is 6.54 Å². The Morgan fingerprint density at radius 1 is 1.40 bits per heavy atom. The fourth-order valence-electron chi connectivity index (χ4n) is 1.08. The first-order valence-corrected chi connectivity index (χ1v) is 4.37. The fraction of sp³-hybridized carbons (Fsp3) is 0.100. The van der Waals surface area contributed by atoms with E-state index in [0.29, 0.717) is 6.20 Å². The van der Waals surface area contributed by atoms with Crippen molar-refractivity contribution in [3.63, 3.8) is 0 Å². The predicted molar refractivity (Wildman–Crippen MR) is 57.3 cm³/mol. The molecule has 0 saturated carbocycles. The Bertz CT molecular complexity index is 361. The van der Waals surface area contributed by atoms with Crippen LogP contribution in [0.4, 0.5) is 4.39 Å². The summed E-state index contributed by atoms with van der Waals surface area (Å²) in [6.45, 7) is 0.265. The third-order valence-corrected chi connectivity index (χ3v) is 1.86. The number of hydrogen-bond acceptors (Lipinski definition) is 3. The second-order valence-corrected chi connectivity index (χ2v) is 2.98. The molecule has 0 aliphatic rings. The van der Waals surface area contributed by atoms with Crippen molar-refractivity contribution in [1.29, 1.82) is 5.41 Å². The highest BCUT2D eigenvalue weighted by Crippen LogP contribution is 2.05. The molecule has 80 valence electrons. The first kappa shape index (κ1) is 11.2. The Morgan fingerprint density at radius 3 is 2.53 bits per heavy atom. The van der Waals surface area contributed by atoms with Crippen LogP contribution < -0.4 is 11.6 Å². The lowest BCUT2D eigenvalue weighted by Gasteiger charge is -2.17. The molecule has 0 saturated heterocycles. The van der Waals surface area contributed by atoms with Gasteiger partial charge in [-0.25, -0.2) is 10.2 Å². The molecule has 15 heavy (non-hydrogen) atoms. The van der Waals surface area contributed by atoms with Crippen LogP contribution in [0.5, 0.6) is 0 Å². The standard InChI is InChI=1S/C10H13FN4/c11-9(6-12)10(13)15(14)7-8-4-2-1-3-5-8/h1-6,13H,7,12,14H2. The van der Waals surface area contributed by atoms with Gasteiger partial charge in [0.2, 0.25) is 0 Å². The van der Waals surface area contributed by atoms with Crippen LogP contribution in [0.2, 0.25) is 0 Å². The lowest BCUT2D eigenvalue weighted by molar-refractivity contribution is 0.419. The molecule has 1 aromatic carbocycles. The molecular weight excluding hydrogens is 195 g/mol. The van der Waals surface area contributed by atoms with E-state index in [-0.39, 0.29) is 6.54 Å². The summed E-state index contributed by atoms with van der Waals surface area (Å²) in [6, 6.07) is 9.26. The number of amidine groups is 1. The van der Waals surface area contributed by atoms with Gasteiger partial charge in [-0.05, 0) is 5.56 Å². The molecule has 5 heteroatoms. The van der Waals surface area contributed by atoms with Gasteiger partial charge in [0, 0.05) is 6.20 Å². The Kier molecular flexibility index (Phi) is 3.82. The molecule has 1 rings (SSSR count). The number of benzene rings is 1. The maximum Gasteiger partial charge on any atom is 0.181 e. The third kappa shape index (κ3) is 3.07. The van der Waals surface area contributed by atoms with Crippen LogP contribution >= 0.6 is 0 Å². The van der Waals surface area contributed by atoms with Gasteiger partial charge in [-0.1, -0.05) is 30.3 Å². The topological polar surface area (TPSA) is 79.1 Å². The summed E-state index contributed by atoms with van der Waals surface area (Å²) < 4.78 is 12.9. The summed E-state index contributed by atoms with van der Waals surface area (Å²) in [6.07, 6.45) is 0.715. The number of nitrogens with zero attached hydrogens (tertiary/aromatic N) is 1. The molecule has 1 aromatic rings. The van der Waals surface area contributed by atoms with Gasteiger partial charge in [0.1, 0.15) is 0 Å². The minimum Gasteiger partial charge on any atom is -0.402 e. The van der Waals surface area contributed by atoms with E-state index in [1.807, 2.05) is 30.3 Å². The van der Waals surface area contributed by atoms with Crippen molar-refractivity contribution in [3.8, 4) is 0 Å². The normalized spacial score (nSPS) is 11.2. The maximum absolute atomic E-state index is 12.9. The second kappa shape index (κ2) is 5.11. The lowest BCUT2D eigenvalue weighted by Crippen LogP contribution is -2.36. The molecule has 0 fully saturated rings. The van der Waals surface area contributed by atoms with Gasteiger partial charge >= 0.3 is 0 Å². The van der Waals surface area contributed by atoms with Crippen LogP contribution in [0.1, 0.15) is 5.56 Å². The molecular formula is C10H13FN4. The Morgan fingerprint density at radius 2 is 2.00 bits per heavy atom. The molecule has 0 atom stereocenters. The third-order valence-electron chi connectivity index (χ3n) is 1.86. The molecule has 0 aromatic heterocycles. The van der Waals surface area contributed by atoms with E-state index in [1.165, 1.54) is 0 Å². The van der Waals surface area contributed by atoms with Crippen LogP contribution in [0, 0.1) is 5.41 Å². The van der Waals surface area contributed by atoms with E-state index >= 15 is 0 Å². The molecule has 0 heterocycles. The number of halogens is 1. The maximum atomic E-state index is 12.9. The quantitative estimate of drug-likeness (QED) is 0.301. The van der Waals surface area contributed by atoms with Crippen molar-refractivity contribution in [2.24, 2.45) is 11.6 Å². The average Bonchev–Trinajstić information content (AvgIpc) is 2.28. The van der Waals surface area contributed by atoms with Gasteiger partial charge in [-0.3, -0.25) is 10.4 Å². The molecule has 0 spiro atoms. The highest BCUT2D eigenvalue weighted by atomic mass is 19.1. The molecule has 0 bridgehead atoms. The smallest absolute Gasteiger partial charge is 0.181 e. The molecule has 0 unspecified atom stereocenters. The van der Waals surface area contributed by atoms with Crippen molar-refractivity contribution in [3.05, 3.63) is 47.9 Å². The minimum atomic E-state index is -0.839. The van der Waals surface area contributed by atoms with E-state index in [9.17, 15) is 4.39 Å². The van der Waals surface area contributed by atoms with Crippen molar-refractivity contribution >= 4 is 5.84 Å². The average molecular weight is 208 g/mol. The van der Waals surface area contributed by atoms with Gasteiger partial charge in [-0.2, -0.15) is 0 Å². The van der Waals surface area contributed by atoms with Crippen molar-refractivity contribution in [2.75, 3.05) is 0 Å². The number of nitrogens with one attached hydrogen (secondary N) is 1. The summed E-state index contributed by atoms with van der Waals surface area (Å²) in [4.78, 5) is 0. The summed E-state index contributed by atoms with van der Waals surface area (Å²) in [5.41, 5.74) is 5.84. The molecule has 5 N–H and O–H groups in total. The zero-order valence-electron chi connectivity index (χ0n) is 8.15. The monoisotopic (exact) mass is 208 g/mol. The van der Waals surface area contributed by atoms with E-state index in [0.717, 1.165) is 10.6 Å². The van der Waals surface area contributed by atoms with Gasteiger partial charge in [0.15, 0.2) is 11.7 Å². The van der Waals surface area contributed by atoms with Crippen LogP contribution in [-0.2, 0) is 6.54 Å². The van der Waals surface area contributed by atoms with E-state index in [1.54, 1.807) is 0 Å². The summed E-state index contributed by atoms with van der Waals surface area (Å²) >= 11 is 0. The first-order chi connectivity index (χ1) is 7.15. The van der Waals surface area contributed by atoms with E-state index in [2.05, 4.69) is 0 Å². The van der Waals surface area contributed by atoms with Crippen LogP contribution in [-0.4, -0.2) is 10.8 Å². The van der Waals surface area contributed by atoms with Gasteiger partial charge < -0.3 is 5.73 Å². The minimum absolute atomic E-state index is 0.265. The lowest BCUT2D eigenvalue weighted by atomic mass is 10.2. The van der Waals surface area contributed by atoms with E-state index in [4.69, 9.17) is 17.0 Å². The number of nitrogens with two attached hydrogens (primary N) is 2. The Balaban J connectivity index is 2.64. The van der Waals surface area contributed by atoms with Gasteiger partial charge in [0.25, 0.3) is 0 Å². The molecule has 0 radical (unpaired) electrons. The van der Waals surface area contributed by atoms with Crippen LogP contribution in [0.3, 0.4) is 0 Å². The summed E-state index contributed by atoms with van der Waals surface area (Å²) in [7, 11) is 0. The predicted octanol–water partition coefficient (Wildman–Crippen LogP) is 1.11. The zero-order chi connectivity index (χ0) is 11.3. The Labute approximate surface area is 87.5 Å². The molecule has 0 aliphatic heterocycles. The fourth-order valence-corrected chi connectivity index (χ4v) is 1.08. The molecule has 0 aliphatic carbocycles. The van der Waals surface area contributed by atoms with Gasteiger partial charge in [-0.15, -0.1) is 0 Å². The van der Waals surface area contributed by atoms with Crippen molar-refractivity contribution in [2.45, 2.75) is 6.54 Å². The first-order valence-electron chi connectivity index (χ1n) is 4.37. The van der Waals surface area contributed by atoms with Crippen molar-refractivity contribution < 1.29 is 4.39 Å². The number of hydrogen-bond donors (Lipinski definition) is 3. The Hall–Kier alpha value is -1.88. The number of rotatable bonds is 3. The molecule has 4 nitrogen and oxygen atoms in total. The largest absolute Gasteiger partial charge is 0.402 e. The van der Waals surface area contributed by atoms with Crippen LogP contribution in [0.15, 0.2) is 42.4 Å². The van der Waals surface area contributed by atoms with Crippen LogP contribution in [0.25, 0.3) is 0 Å². The summed E-state index contributed by atoms with van der Waals surface area (Å²) in [5, 5.41) is 8.32. The highest BCUT2D eigenvalue weighted by Gasteiger charge is 2.10. The SMILES string of the molecule is N=C(C(F)=CN)N(N)Cc1ccccc1. The second-order valence-electron chi connectivity index (χ2n) is 2.98.